The van der Waals surface area contributed by atoms with Crippen LogP contribution in [0.3, 0.4) is 0 Å². The molecule has 0 radical (unpaired) electrons. The smallest absolute Gasteiger partial charge is 0.326 e. The Kier molecular flexibility index (Phi) is 7.01. The third kappa shape index (κ3) is 5.63. The number of carboxylic acids is 1. The maximum atomic E-state index is 13.5. The SMILES string of the molecule is COc1ccc(CC(=O)NC(CCSC)C(=O)O)cc1F. The first-order chi connectivity index (χ1) is 9.97. The molecule has 116 valence electrons. The maximum Gasteiger partial charge on any atom is 0.326 e. The molecule has 1 aromatic rings. The highest BCUT2D eigenvalue weighted by Gasteiger charge is 2.19. The molecule has 7 heteroatoms. The monoisotopic (exact) mass is 315 g/mol. The molecule has 1 amide bonds. The summed E-state index contributed by atoms with van der Waals surface area (Å²) in [6.07, 6.45) is 2.13. The molecular formula is C14H18FNO4S. The number of amides is 1. The molecule has 0 saturated heterocycles. The van der Waals surface area contributed by atoms with Crippen molar-refractivity contribution in [2.24, 2.45) is 0 Å². The second-order valence-electron chi connectivity index (χ2n) is 4.39. The normalized spacial score (nSPS) is 11.8. The van der Waals surface area contributed by atoms with Crippen LogP contribution in [0.2, 0.25) is 0 Å². The van der Waals surface area contributed by atoms with E-state index in [-0.39, 0.29) is 12.2 Å². The Morgan fingerprint density at radius 2 is 2.19 bits per heavy atom. The number of benzene rings is 1. The van der Waals surface area contributed by atoms with Gasteiger partial charge in [0.2, 0.25) is 5.91 Å². The lowest BCUT2D eigenvalue weighted by Gasteiger charge is -2.14. The highest BCUT2D eigenvalue weighted by atomic mass is 32.2. The summed E-state index contributed by atoms with van der Waals surface area (Å²) in [5.41, 5.74) is 0.458. The second kappa shape index (κ2) is 8.51. The number of halogens is 1. The molecule has 0 aliphatic heterocycles. The van der Waals surface area contributed by atoms with Crippen LogP contribution in [0.5, 0.6) is 5.75 Å². The first-order valence-electron chi connectivity index (χ1n) is 6.31. The molecular weight excluding hydrogens is 297 g/mol. The Hall–Kier alpha value is -1.76. The van der Waals surface area contributed by atoms with E-state index in [1.807, 2.05) is 6.26 Å². The predicted molar refractivity (Wildman–Crippen MR) is 79.2 cm³/mol. The quantitative estimate of drug-likeness (QED) is 0.763. The van der Waals surface area contributed by atoms with Gasteiger partial charge < -0.3 is 15.2 Å². The van der Waals surface area contributed by atoms with Crippen LogP contribution in [0, 0.1) is 5.82 Å². The van der Waals surface area contributed by atoms with Gasteiger partial charge in [-0.05, 0) is 36.1 Å². The van der Waals surface area contributed by atoms with E-state index >= 15 is 0 Å². The number of hydrogen-bond donors (Lipinski definition) is 2. The average molecular weight is 315 g/mol. The largest absolute Gasteiger partial charge is 0.494 e. The minimum Gasteiger partial charge on any atom is -0.494 e. The van der Waals surface area contributed by atoms with E-state index in [1.54, 1.807) is 6.07 Å². The minimum atomic E-state index is -1.07. The van der Waals surface area contributed by atoms with Crippen molar-refractivity contribution in [2.75, 3.05) is 19.1 Å². The van der Waals surface area contributed by atoms with E-state index in [1.165, 1.54) is 31.0 Å². The van der Waals surface area contributed by atoms with Gasteiger partial charge in [-0.15, -0.1) is 0 Å². The van der Waals surface area contributed by atoms with Crippen molar-refractivity contribution in [2.45, 2.75) is 18.9 Å². The van der Waals surface area contributed by atoms with Gasteiger partial charge in [-0.1, -0.05) is 6.07 Å². The summed E-state index contributed by atoms with van der Waals surface area (Å²) in [6.45, 7) is 0. The lowest BCUT2D eigenvalue weighted by Crippen LogP contribution is -2.41. The zero-order valence-corrected chi connectivity index (χ0v) is 12.7. The molecule has 0 aliphatic rings. The number of hydrogen-bond acceptors (Lipinski definition) is 4. The molecule has 0 heterocycles. The number of nitrogens with one attached hydrogen (secondary N) is 1. The van der Waals surface area contributed by atoms with Crippen LogP contribution < -0.4 is 10.1 Å². The Balaban J connectivity index is 2.63. The standard InChI is InChI=1S/C14H18FNO4S/c1-20-12-4-3-9(7-10(12)15)8-13(17)16-11(14(18)19)5-6-21-2/h3-4,7,11H,5-6,8H2,1-2H3,(H,16,17)(H,18,19). The number of carbonyl (C=O) groups excluding carboxylic acids is 1. The van der Waals surface area contributed by atoms with Crippen LogP contribution in [0.25, 0.3) is 0 Å². The first kappa shape index (κ1) is 17.3. The van der Waals surface area contributed by atoms with Crippen LogP contribution in [0.1, 0.15) is 12.0 Å². The molecule has 0 aliphatic carbocycles. The summed E-state index contributed by atoms with van der Waals surface area (Å²) >= 11 is 1.51. The van der Waals surface area contributed by atoms with E-state index in [0.29, 0.717) is 17.7 Å². The summed E-state index contributed by atoms with van der Waals surface area (Å²) in [4.78, 5) is 22.9. The van der Waals surface area contributed by atoms with Gasteiger partial charge in [-0.25, -0.2) is 9.18 Å². The van der Waals surface area contributed by atoms with Crippen LogP contribution in [0.4, 0.5) is 4.39 Å². The molecule has 0 bridgehead atoms. The molecule has 1 aromatic carbocycles. The van der Waals surface area contributed by atoms with Gasteiger partial charge >= 0.3 is 5.97 Å². The van der Waals surface area contributed by atoms with Crippen molar-refractivity contribution in [1.29, 1.82) is 0 Å². The van der Waals surface area contributed by atoms with Crippen molar-refractivity contribution < 1.29 is 23.8 Å². The number of aliphatic carboxylic acids is 1. The van der Waals surface area contributed by atoms with Gasteiger partial charge in [0.15, 0.2) is 11.6 Å². The molecule has 0 spiro atoms. The van der Waals surface area contributed by atoms with Crippen LogP contribution >= 0.6 is 11.8 Å². The Bertz CT molecular complexity index is 510. The first-order valence-corrected chi connectivity index (χ1v) is 7.70. The van der Waals surface area contributed by atoms with Gasteiger partial charge in [-0.2, -0.15) is 11.8 Å². The van der Waals surface area contributed by atoms with Crippen molar-refractivity contribution >= 4 is 23.6 Å². The molecule has 0 aromatic heterocycles. The minimum absolute atomic E-state index is 0.0794. The Morgan fingerprint density at radius 1 is 1.48 bits per heavy atom. The third-order valence-electron chi connectivity index (χ3n) is 2.82. The van der Waals surface area contributed by atoms with E-state index < -0.39 is 23.7 Å². The van der Waals surface area contributed by atoms with Crippen molar-refractivity contribution in [3.63, 3.8) is 0 Å². The van der Waals surface area contributed by atoms with E-state index in [0.717, 1.165) is 0 Å². The van der Waals surface area contributed by atoms with Gasteiger partial charge in [-0.3, -0.25) is 4.79 Å². The fourth-order valence-electron chi connectivity index (χ4n) is 1.74. The second-order valence-corrected chi connectivity index (χ2v) is 5.37. The fourth-order valence-corrected chi connectivity index (χ4v) is 2.22. The fraction of sp³-hybridized carbons (Fsp3) is 0.429. The third-order valence-corrected chi connectivity index (χ3v) is 3.47. The topological polar surface area (TPSA) is 75.6 Å². The highest BCUT2D eigenvalue weighted by Crippen LogP contribution is 2.18. The van der Waals surface area contributed by atoms with Crippen molar-refractivity contribution in [3.05, 3.63) is 29.6 Å². The van der Waals surface area contributed by atoms with Crippen molar-refractivity contribution in [1.82, 2.24) is 5.32 Å². The summed E-state index contributed by atoms with van der Waals surface area (Å²) < 4.78 is 18.3. The van der Waals surface area contributed by atoms with Crippen LogP contribution in [-0.2, 0) is 16.0 Å². The average Bonchev–Trinajstić information content (AvgIpc) is 2.43. The van der Waals surface area contributed by atoms with E-state index in [9.17, 15) is 14.0 Å². The number of carbonyl (C=O) groups is 2. The number of ether oxygens (including phenoxy) is 1. The Morgan fingerprint density at radius 3 is 2.71 bits per heavy atom. The van der Waals surface area contributed by atoms with Gasteiger partial charge in [0.05, 0.1) is 13.5 Å². The molecule has 21 heavy (non-hydrogen) atoms. The van der Waals surface area contributed by atoms with Crippen LogP contribution in [0.15, 0.2) is 18.2 Å². The zero-order valence-electron chi connectivity index (χ0n) is 11.9. The van der Waals surface area contributed by atoms with E-state index in [4.69, 9.17) is 9.84 Å². The number of methoxy groups -OCH3 is 1. The molecule has 2 N–H and O–H groups in total. The molecule has 0 fully saturated rings. The van der Waals surface area contributed by atoms with Gasteiger partial charge in [0.1, 0.15) is 6.04 Å². The Labute approximate surface area is 126 Å². The molecule has 5 nitrogen and oxygen atoms in total. The number of rotatable bonds is 8. The number of carboxylic acid groups (broad SMARTS) is 1. The maximum absolute atomic E-state index is 13.5. The summed E-state index contributed by atoms with van der Waals surface area (Å²) in [5, 5.41) is 11.5. The lowest BCUT2D eigenvalue weighted by atomic mass is 10.1. The molecule has 1 rings (SSSR count). The summed E-state index contributed by atoms with van der Waals surface area (Å²) in [6, 6.07) is 3.28. The number of thioether (sulfide) groups is 1. The highest BCUT2D eigenvalue weighted by molar-refractivity contribution is 7.98. The molecule has 1 unspecified atom stereocenters. The van der Waals surface area contributed by atoms with E-state index in [2.05, 4.69) is 5.32 Å². The van der Waals surface area contributed by atoms with Crippen LogP contribution in [-0.4, -0.2) is 42.1 Å². The van der Waals surface area contributed by atoms with Gasteiger partial charge in [0.25, 0.3) is 0 Å². The van der Waals surface area contributed by atoms with Crippen molar-refractivity contribution in [3.8, 4) is 5.75 Å². The lowest BCUT2D eigenvalue weighted by molar-refractivity contribution is -0.141. The summed E-state index contributed by atoms with van der Waals surface area (Å²) in [7, 11) is 1.36. The zero-order chi connectivity index (χ0) is 15.8. The summed E-state index contributed by atoms with van der Waals surface area (Å²) in [5.74, 6) is -1.34. The molecule has 0 saturated carbocycles. The molecule has 1 atom stereocenters. The van der Waals surface area contributed by atoms with Gasteiger partial charge in [0, 0.05) is 0 Å². The predicted octanol–water partition coefficient (Wildman–Crippen LogP) is 1.70.